The monoisotopic (exact) mass is 470 g/mol. The summed E-state index contributed by atoms with van der Waals surface area (Å²) in [6.45, 7) is 0. The second-order valence-corrected chi connectivity index (χ2v) is 7.31. The number of fused-ring (bicyclic) bond motifs is 1. The Bertz CT molecular complexity index is 1240. The third-order valence-electron chi connectivity index (χ3n) is 3.94. The highest BCUT2D eigenvalue weighted by atomic mass is 79.9. The van der Waals surface area contributed by atoms with Crippen molar-refractivity contribution >= 4 is 56.0 Å². The standard InChI is InChI=1S/C20H12BrFN4O2S/c21-12-7-11(9-23-10-12)18(27)26-20(29)24-13-5-6-17-16(8-13)25-19(28-17)14-3-1-2-4-15(14)22/h1-10H,(H2,24,26,27,29). The van der Waals surface area contributed by atoms with Crippen LogP contribution in [0.2, 0.25) is 0 Å². The van der Waals surface area contributed by atoms with Crippen LogP contribution in [-0.2, 0) is 0 Å². The number of halogens is 2. The Morgan fingerprint density at radius 2 is 1.97 bits per heavy atom. The van der Waals surface area contributed by atoms with Crippen molar-refractivity contribution in [2.75, 3.05) is 5.32 Å². The van der Waals surface area contributed by atoms with E-state index in [1.165, 1.54) is 12.3 Å². The predicted molar refractivity (Wildman–Crippen MR) is 115 cm³/mol. The number of amides is 1. The van der Waals surface area contributed by atoms with Crippen molar-refractivity contribution in [3.63, 3.8) is 0 Å². The summed E-state index contributed by atoms with van der Waals surface area (Å²) in [6.07, 6.45) is 3.02. The fourth-order valence-corrected chi connectivity index (χ4v) is 3.20. The topological polar surface area (TPSA) is 80.0 Å². The molecule has 2 N–H and O–H groups in total. The van der Waals surface area contributed by atoms with E-state index in [2.05, 4.69) is 36.5 Å². The number of rotatable bonds is 3. The van der Waals surface area contributed by atoms with Crippen LogP contribution in [-0.4, -0.2) is 21.0 Å². The lowest BCUT2D eigenvalue weighted by molar-refractivity contribution is 0.0977. The zero-order chi connectivity index (χ0) is 20.4. The average Bonchev–Trinajstić information content (AvgIpc) is 3.11. The van der Waals surface area contributed by atoms with E-state index in [1.807, 2.05) is 0 Å². The summed E-state index contributed by atoms with van der Waals surface area (Å²) in [6, 6.07) is 13.0. The number of pyridine rings is 1. The highest BCUT2D eigenvalue weighted by Gasteiger charge is 2.13. The van der Waals surface area contributed by atoms with Gasteiger partial charge in [0.05, 0.1) is 11.1 Å². The number of carbonyl (C=O) groups is 1. The van der Waals surface area contributed by atoms with Gasteiger partial charge < -0.3 is 9.73 Å². The van der Waals surface area contributed by atoms with Crippen LogP contribution in [0.4, 0.5) is 10.1 Å². The van der Waals surface area contributed by atoms with Crippen molar-refractivity contribution in [3.8, 4) is 11.5 Å². The van der Waals surface area contributed by atoms with Crippen molar-refractivity contribution in [2.24, 2.45) is 0 Å². The largest absolute Gasteiger partial charge is 0.436 e. The van der Waals surface area contributed by atoms with Crippen molar-refractivity contribution in [3.05, 3.63) is 76.8 Å². The molecule has 0 saturated carbocycles. The lowest BCUT2D eigenvalue weighted by Gasteiger charge is -2.09. The summed E-state index contributed by atoms with van der Waals surface area (Å²) in [5.41, 5.74) is 2.28. The van der Waals surface area contributed by atoms with Crippen LogP contribution in [0.15, 0.2) is 69.8 Å². The zero-order valence-corrected chi connectivity index (χ0v) is 17.1. The Kier molecular flexibility index (Phi) is 5.32. The maximum Gasteiger partial charge on any atom is 0.259 e. The van der Waals surface area contributed by atoms with Gasteiger partial charge in [0, 0.05) is 22.6 Å². The summed E-state index contributed by atoms with van der Waals surface area (Å²) < 4.78 is 20.3. The molecule has 0 unspecified atom stereocenters. The first-order chi connectivity index (χ1) is 14.0. The summed E-state index contributed by atoms with van der Waals surface area (Å²) in [5.74, 6) is -0.614. The van der Waals surface area contributed by atoms with E-state index >= 15 is 0 Å². The molecule has 0 aliphatic carbocycles. The second-order valence-electron chi connectivity index (χ2n) is 5.98. The van der Waals surface area contributed by atoms with E-state index < -0.39 is 5.82 Å². The molecular weight excluding hydrogens is 459 g/mol. The Morgan fingerprint density at radius 1 is 1.14 bits per heavy atom. The molecule has 6 nitrogen and oxygen atoms in total. The van der Waals surface area contributed by atoms with E-state index in [0.29, 0.717) is 26.8 Å². The number of hydrogen-bond acceptors (Lipinski definition) is 5. The molecule has 0 aliphatic rings. The quantitative estimate of drug-likeness (QED) is 0.413. The summed E-state index contributed by atoms with van der Waals surface area (Å²) in [4.78, 5) is 20.5. The minimum absolute atomic E-state index is 0.118. The summed E-state index contributed by atoms with van der Waals surface area (Å²) in [7, 11) is 0. The van der Waals surface area contributed by atoms with Crippen LogP contribution in [0.1, 0.15) is 10.4 Å². The summed E-state index contributed by atoms with van der Waals surface area (Å²) in [5, 5.41) is 5.62. The maximum atomic E-state index is 14.0. The number of thiocarbonyl (C=S) groups is 1. The van der Waals surface area contributed by atoms with Gasteiger partial charge in [-0.25, -0.2) is 9.37 Å². The first kappa shape index (κ1) is 19.2. The minimum atomic E-state index is -0.414. The van der Waals surface area contributed by atoms with E-state index in [4.69, 9.17) is 16.6 Å². The van der Waals surface area contributed by atoms with Gasteiger partial charge in [-0.3, -0.25) is 15.1 Å². The number of nitrogens with zero attached hydrogens (tertiary/aromatic N) is 2. The molecule has 0 atom stereocenters. The van der Waals surface area contributed by atoms with Gasteiger partial charge >= 0.3 is 0 Å². The molecule has 4 rings (SSSR count). The van der Waals surface area contributed by atoms with Gasteiger partial charge in [-0.15, -0.1) is 0 Å². The number of carbonyl (C=O) groups excluding carboxylic acids is 1. The zero-order valence-electron chi connectivity index (χ0n) is 14.6. The van der Waals surface area contributed by atoms with E-state index in [-0.39, 0.29) is 22.5 Å². The highest BCUT2D eigenvalue weighted by Crippen LogP contribution is 2.27. The number of nitrogens with one attached hydrogen (secondary N) is 2. The SMILES string of the molecule is O=C(NC(=S)Nc1ccc2oc(-c3ccccc3F)nc2c1)c1cncc(Br)c1. The molecule has 29 heavy (non-hydrogen) atoms. The third-order valence-corrected chi connectivity index (χ3v) is 4.58. The second kappa shape index (κ2) is 8.06. The van der Waals surface area contributed by atoms with Crippen molar-refractivity contribution < 1.29 is 13.6 Å². The Labute approximate surface area is 178 Å². The molecular formula is C20H12BrFN4O2S. The van der Waals surface area contributed by atoms with E-state index in [9.17, 15) is 9.18 Å². The molecule has 2 heterocycles. The third kappa shape index (κ3) is 4.30. The van der Waals surface area contributed by atoms with E-state index in [0.717, 1.165) is 0 Å². The Hall–Kier alpha value is -3.17. The lowest BCUT2D eigenvalue weighted by Crippen LogP contribution is -2.34. The van der Waals surface area contributed by atoms with Gasteiger partial charge in [-0.2, -0.15) is 0 Å². The first-order valence-electron chi connectivity index (χ1n) is 8.38. The lowest BCUT2D eigenvalue weighted by atomic mass is 10.2. The van der Waals surface area contributed by atoms with Crippen molar-refractivity contribution in [1.82, 2.24) is 15.3 Å². The summed E-state index contributed by atoms with van der Waals surface area (Å²) >= 11 is 8.46. The minimum Gasteiger partial charge on any atom is -0.436 e. The van der Waals surface area contributed by atoms with Gasteiger partial charge in [-0.05, 0) is 64.5 Å². The molecule has 4 aromatic rings. The van der Waals surface area contributed by atoms with Crippen LogP contribution in [0.25, 0.3) is 22.6 Å². The fourth-order valence-electron chi connectivity index (χ4n) is 2.63. The molecule has 0 fully saturated rings. The number of anilines is 1. The fraction of sp³-hybridized carbons (Fsp3) is 0. The smallest absolute Gasteiger partial charge is 0.259 e. The molecule has 0 spiro atoms. The van der Waals surface area contributed by atoms with Crippen LogP contribution in [0.5, 0.6) is 0 Å². The molecule has 144 valence electrons. The number of oxazole rings is 1. The maximum absolute atomic E-state index is 14.0. The molecule has 1 amide bonds. The molecule has 0 bridgehead atoms. The Balaban J connectivity index is 1.50. The number of aromatic nitrogens is 2. The van der Waals surface area contributed by atoms with Crippen LogP contribution in [0.3, 0.4) is 0 Å². The van der Waals surface area contributed by atoms with Crippen molar-refractivity contribution in [1.29, 1.82) is 0 Å². The van der Waals surface area contributed by atoms with Gasteiger partial charge in [0.1, 0.15) is 11.3 Å². The molecule has 2 aromatic heterocycles. The van der Waals surface area contributed by atoms with Gasteiger partial charge in [0.25, 0.3) is 5.91 Å². The predicted octanol–water partition coefficient (Wildman–Crippen LogP) is 4.92. The van der Waals surface area contributed by atoms with Crippen molar-refractivity contribution in [2.45, 2.75) is 0 Å². The first-order valence-corrected chi connectivity index (χ1v) is 9.58. The van der Waals surface area contributed by atoms with Crippen LogP contribution in [0, 0.1) is 5.82 Å². The number of benzene rings is 2. The van der Waals surface area contributed by atoms with Crippen LogP contribution < -0.4 is 10.6 Å². The molecule has 2 aromatic carbocycles. The van der Waals surface area contributed by atoms with Crippen LogP contribution >= 0.6 is 28.1 Å². The molecule has 0 saturated heterocycles. The average molecular weight is 471 g/mol. The molecule has 0 aliphatic heterocycles. The van der Waals surface area contributed by atoms with Gasteiger partial charge in [0.2, 0.25) is 5.89 Å². The van der Waals surface area contributed by atoms with Gasteiger partial charge in [0.15, 0.2) is 10.7 Å². The molecule has 0 radical (unpaired) electrons. The van der Waals surface area contributed by atoms with Gasteiger partial charge in [-0.1, -0.05) is 12.1 Å². The molecule has 9 heteroatoms. The normalized spacial score (nSPS) is 10.7. The number of hydrogen-bond donors (Lipinski definition) is 2. The Morgan fingerprint density at radius 3 is 2.76 bits per heavy atom. The van der Waals surface area contributed by atoms with E-state index in [1.54, 1.807) is 48.7 Å². The highest BCUT2D eigenvalue weighted by molar-refractivity contribution is 9.10.